The Balaban J connectivity index is 2.18. The van der Waals surface area contributed by atoms with Gasteiger partial charge in [0.1, 0.15) is 6.54 Å². The highest BCUT2D eigenvalue weighted by molar-refractivity contribution is 9.10. The second kappa shape index (κ2) is 11.0. The molecule has 0 radical (unpaired) electrons. The standard InChI is InChI=1S/C20H24BrN3O7S/c1-28-16-7-6-14(10-17(16)29-2)24(32(5,26)27)12-19(25)23-22-11-13-8-15(21)20(31-4)18(9-13)30-3/h6-11H,12H2,1-5H3,(H,23,25)/b22-11-. The molecule has 0 aliphatic rings. The summed E-state index contributed by atoms with van der Waals surface area (Å²) in [4.78, 5) is 12.4. The molecule has 1 N–H and O–H groups in total. The lowest BCUT2D eigenvalue weighted by molar-refractivity contribution is -0.119. The number of halogens is 1. The maximum absolute atomic E-state index is 12.4. The summed E-state index contributed by atoms with van der Waals surface area (Å²) in [5.41, 5.74) is 3.18. The maximum atomic E-state index is 12.4. The largest absolute Gasteiger partial charge is 0.493 e. The van der Waals surface area contributed by atoms with Gasteiger partial charge in [0.25, 0.3) is 5.91 Å². The molecule has 0 heterocycles. The van der Waals surface area contributed by atoms with Gasteiger partial charge in [-0.15, -0.1) is 0 Å². The van der Waals surface area contributed by atoms with Gasteiger partial charge in [0.2, 0.25) is 10.0 Å². The Kier molecular flexibility index (Phi) is 8.72. The minimum atomic E-state index is -3.77. The summed E-state index contributed by atoms with van der Waals surface area (Å²) >= 11 is 3.38. The number of anilines is 1. The molecule has 0 aliphatic heterocycles. The van der Waals surface area contributed by atoms with Crippen LogP contribution in [0.2, 0.25) is 0 Å². The third-order valence-corrected chi connectivity index (χ3v) is 5.93. The van der Waals surface area contributed by atoms with E-state index >= 15 is 0 Å². The van der Waals surface area contributed by atoms with Gasteiger partial charge >= 0.3 is 0 Å². The first-order valence-electron chi connectivity index (χ1n) is 9.07. The highest BCUT2D eigenvalue weighted by Gasteiger charge is 2.22. The third kappa shape index (κ3) is 6.26. The summed E-state index contributed by atoms with van der Waals surface area (Å²) in [6, 6.07) is 7.93. The third-order valence-electron chi connectivity index (χ3n) is 4.20. The first-order valence-corrected chi connectivity index (χ1v) is 11.7. The molecule has 174 valence electrons. The molecular weight excluding hydrogens is 506 g/mol. The number of benzene rings is 2. The molecule has 0 saturated carbocycles. The molecule has 12 heteroatoms. The molecule has 0 aromatic heterocycles. The van der Waals surface area contributed by atoms with Gasteiger partial charge in [-0.05, 0) is 45.8 Å². The van der Waals surface area contributed by atoms with Crippen LogP contribution in [0.25, 0.3) is 0 Å². The zero-order chi connectivity index (χ0) is 23.9. The topological polar surface area (TPSA) is 116 Å². The van der Waals surface area contributed by atoms with E-state index in [9.17, 15) is 13.2 Å². The number of amides is 1. The van der Waals surface area contributed by atoms with Gasteiger partial charge in [0.05, 0.1) is 51.1 Å². The lowest BCUT2D eigenvalue weighted by Crippen LogP contribution is -2.39. The van der Waals surface area contributed by atoms with Crippen molar-refractivity contribution in [3.05, 3.63) is 40.4 Å². The number of carbonyl (C=O) groups excluding carboxylic acids is 1. The van der Waals surface area contributed by atoms with E-state index < -0.39 is 22.5 Å². The van der Waals surface area contributed by atoms with Crippen LogP contribution >= 0.6 is 15.9 Å². The number of nitrogens with zero attached hydrogens (tertiary/aromatic N) is 2. The first-order chi connectivity index (χ1) is 15.1. The minimum absolute atomic E-state index is 0.244. The van der Waals surface area contributed by atoms with Crippen molar-refractivity contribution in [3.8, 4) is 23.0 Å². The monoisotopic (exact) mass is 529 g/mol. The van der Waals surface area contributed by atoms with Gasteiger partial charge in [0.15, 0.2) is 23.0 Å². The second-order valence-corrected chi connectivity index (χ2v) is 9.10. The average molecular weight is 530 g/mol. The molecule has 0 fully saturated rings. The smallest absolute Gasteiger partial charge is 0.260 e. The van der Waals surface area contributed by atoms with E-state index in [-0.39, 0.29) is 5.69 Å². The molecule has 0 spiro atoms. The molecule has 10 nitrogen and oxygen atoms in total. The molecule has 2 rings (SSSR count). The number of hydrogen-bond acceptors (Lipinski definition) is 8. The Hall–Kier alpha value is -2.99. The summed E-state index contributed by atoms with van der Waals surface area (Å²) in [5.74, 6) is 1.12. The van der Waals surface area contributed by atoms with Crippen LogP contribution in [0.1, 0.15) is 5.56 Å². The van der Waals surface area contributed by atoms with E-state index in [0.717, 1.165) is 10.6 Å². The van der Waals surface area contributed by atoms with Gasteiger partial charge in [-0.3, -0.25) is 9.10 Å². The van der Waals surface area contributed by atoms with Gasteiger partial charge in [-0.1, -0.05) is 0 Å². The Bertz CT molecular complexity index is 1110. The van der Waals surface area contributed by atoms with Gasteiger partial charge in [-0.2, -0.15) is 5.10 Å². The maximum Gasteiger partial charge on any atom is 0.260 e. The first kappa shape index (κ1) is 25.3. The van der Waals surface area contributed by atoms with Crippen LogP contribution in [-0.2, 0) is 14.8 Å². The number of carbonyl (C=O) groups is 1. The normalized spacial score (nSPS) is 11.2. The van der Waals surface area contributed by atoms with Crippen molar-refractivity contribution in [1.82, 2.24) is 5.43 Å². The van der Waals surface area contributed by atoms with Crippen LogP contribution in [-0.4, -0.2) is 61.8 Å². The molecule has 0 aliphatic carbocycles. The van der Waals surface area contributed by atoms with Crippen molar-refractivity contribution < 1.29 is 32.2 Å². The number of rotatable bonds is 10. The average Bonchev–Trinajstić information content (AvgIpc) is 2.75. The molecule has 2 aromatic rings. The molecule has 32 heavy (non-hydrogen) atoms. The number of nitrogens with one attached hydrogen (secondary N) is 1. The fraction of sp³-hybridized carbons (Fsp3) is 0.300. The van der Waals surface area contributed by atoms with Crippen molar-refractivity contribution in [2.45, 2.75) is 0 Å². The van der Waals surface area contributed by atoms with Crippen LogP contribution < -0.4 is 28.7 Å². The number of ether oxygens (including phenoxy) is 4. The summed E-state index contributed by atoms with van der Waals surface area (Å²) in [6.07, 6.45) is 2.40. The van der Waals surface area contributed by atoms with Crippen LogP contribution in [0, 0.1) is 0 Å². The van der Waals surface area contributed by atoms with Crippen molar-refractivity contribution in [2.75, 3.05) is 45.5 Å². The Morgan fingerprint density at radius 2 is 1.69 bits per heavy atom. The fourth-order valence-electron chi connectivity index (χ4n) is 2.74. The predicted molar refractivity (Wildman–Crippen MR) is 125 cm³/mol. The summed E-state index contributed by atoms with van der Waals surface area (Å²) in [6.45, 7) is -0.485. The molecule has 0 bridgehead atoms. The Morgan fingerprint density at radius 1 is 1.03 bits per heavy atom. The molecule has 0 atom stereocenters. The molecule has 0 saturated heterocycles. The predicted octanol–water partition coefficient (Wildman–Crippen LogP) is 2.40. The van der Waals surface area contributed by atoms with Crippen LogP contribution in [0.4, 0.5) is 5.69 Å². The molecule has 1 amide bonds. The van der Waals surface area contributed by atoms with E-state index in [1.54, 1.807) is 18.2 Å². The van der Waals surface area contributed by atoms with Crippen molar-refractivity contribution in [1.29, 1.82) is 0 Å². The highest BCUT2D eigenvalue weighted by atomic mass is 79.9. The highest BCUT2D eigenvalue weighted by Crippen LogP contribution is 2.36. The molecule has 0 unspecified atom stereocenters. The quantitative estimate of drug-likeness (QED) is 0.371. The SMILES string of the molecule is COc1ccc(N(CC(=O)N/N=C\c2cc(Br)c(OC)c(OC)c2)S(C)(=O)=O)cc1OC. The summed E-state index contributed by atoms with van der Waals surface area (Å²) in [7, 11) is 2.15. The minimum Gasteiger partial charge on any atom is -0.493 e. The lowest BCUT2D eigenvalue weighted by Gasteiger charge is -2.22. The van der Waals surface area contributed by atoms with E-state index in [1.807, 2.05) is 0 Å². The van der Waals surface area contributed by atoms with Crippen molar-refractivity contribution in [2.24, 2.45) is 5.10 Å². The van der Waals surface area contributed by atoms with Gasteiger partial charge in [-0.25, -0.2) is 13.8 Å². The van der Waals surface area contributed by atoms with Crippen molar-refractivity contribution >= 4 is 43.8 Å². The zero-order valence-corrected chi connectivity index (χ0v) is 20.6. The molecule has 2 aromatic carbocycles. The number of hydrogen-bond donors (Lipinski definition) is 1. The van der Waals surface area contributed by atoms with Crippen LogP contribution in [0.5, 0.6) is 23.0 Å². The number of sulfonamides is 1. The zero-order valence-electron chi connectivity index (χ0n) is 18.2. The van der Waals surface area contributed by atoms with Gasteiger partial charge in [0, 0.05) is 6.07 Å². The van der Waals surface area contributed by atoms with Crippen LogP contribution in [0.3, 0.4) is 0 Å². The van der Waals surface area contributed by atoms with Gasteiger partial charge < -0.3 is 18.9 Å². The molecular formula is C20H24BrN3O7S. The summed E-state index contributed by atoms with van der Waals surface area (Å²) in [5, 5.41) is 3.90. The fourth-order valence-corrected chi connectivity index (χ4v) is 4.21. The van der Waals surface area contributed by atoms with Crippen molar-refractivity contribution in [3.63, 3.8) is 0 Å². The second-order valence-electron chi connectivity index (χ2n) is 6.34. The van der Waals surface area contributed by atoms with E-state index in [0.29, 0.717) is 33.0 Å². The van der Waals surface area contributed by atoms with E-state index in [2.05, 4.69) is 26.5 Å². The lowest BCUT2D eigenvalue weighted by atomic mass is 10.2. The Labute approximate surface area is 195 Å². The Morgan fingerprint density at radius 3 is 2.25 bits per heavy atom. The summed E-state index contributed by atoms with van der Waals surface area (Å²) < 4.78 is 47.0. The van der Waals surface area contributed by atoms with E-state index in [1.165, 1.54) is 46.8 Å². The number of hydrazone groups is 1. The van der Waals surface area contributed by atoms with E-state index in [4.69, 9.17) is 18.9 Å². The number of methoxy groups -OCH3 is 4. The van der Waals surface area contributed by atoms with Crippen LogP contribution in [0.15, 0.2) is 39.9 Å².